The average molecular weight is 660 g/mol. The van der Waals surface area contributed by atoms with Gasteiger partial charge >= 0.3 is 0 Å². The van der Waals surface area contributed by atoms with E-state index in [1.165, 1.54) is 105 Å². The van der Waals surface area contributed by atoms with Crippen LogP contribution < -0.4 is 0 Å². The lowest BCUT2D eigenvalue weighted by molar-refractivity contribution is 1.16. The first-order valence-corrected chi connectivity index (χ1v) is 18.1. The van der Waals surface area contributed by atoms with Crippen LogP contribution in [0.3, 0.4) is 0 Å². The number of hydrogen-bond donors (Lipinski definition) is 0. The lowest BCUT2D eigenvalue weighted by Crippen LogP contribution is -1.95. The first-order chi connectivity index (χ1) is 25.8. The van der Waals surface area contributed by atoms with Gasteiger partial charge in [0.2, 0.25) is 0 Å². The summed E-state index contributed by atoms with van der Waals surface area (Å²) in [6.45, 7) is 0. The van der Waals surface area contributed by atoms with Crippen LogP contribution in [-0.4, -0.2) is 4.57 Å². The van der Waals surface area contributed by atoms with Crippen molar-refractivity contribution in [2.45, 2.75) is 6.42 Å². The number of hydrogen-bond acceptors (Lipinski definition) is 0. The van der Waals surface area contributed by atoms with Gasteiger partial charge in [-0.1, -0.05) is 152 Å². The third-order valence-corrected chi connectivity index (χ3v) is 11.2. The van der Waals surface area contributed by atoms with E-state index in [1.54, 1.807) is 0 Å². The Bertz CT molecular complexity index is 2890. The normalized spacial score (nSPS) is 12.2. The van der Waals surface area contributed by atoms with E-state index >= 15 is 0 Å². The van der Waals surface area contributed by atoms with Crippen molar-refractivity contribution in [3.8, 4) is 50.2 Å². The van der Waals surface area contributed by atoms with E-state index in [0.29, 0.717) is 0 Å². The van der Waals surface area contributed by atoms with Crippen molar-refractivity contribution in [3.63, 3.8) is 0 Å². The van der Waals surface area contributed by atoms with Crippen molar-refractivity contribution in [2.24, 2.45) is 0 Å². The summed E-state index contributed by atoms with van der Waals surface area (Å²) in [5.41, 5.74) is 16.6. The zero-order valence-electron chi connectivity index (χ0n) is 28.6. The van der Waals surface area contributed by atoms with Gasteiger partial charge < -0.3 is 4.57 Å². The molecule has 0 saturated heterocycles. The highest BCUT2D eigenvalue weighted by Crippen LogP contribution is 2.43. The summed E-state index contributed by atoms with van der Waals surface area (Å²) in [6, 6.07) is 69.5. The van der Waals surface area contributed by atoms with E-state index in [-0.39, 0.29) is 0 Å². The maximum atomic E-state index is 2.48. The Balaban J connectivity index is 1.10. The highest BCUT2D eigenvalue weighted by molar-refractivity contribution is 6.13. The van der Waals surface area contributed by atoms with Gasteiger partial charge in [0.05, 0.1) is 11.0 Å². The lowest BCUT2D eigenvalue weighted by Gasteiger charge is -2.12. The van der Waals surface area contributed by atoms with Crippen LogP contribution >= 0.6 is 0 Å². The Hall–Kier alpha value is -6.70. The minimum Gasteiger partial charge on any atom is -0.309 e. The Kier molecular flexibility index (Phi) is 6.38. The van der Waals surface area contributed by atoms with Gasteiger partial charge in [0, 0.05) is 16.5 Å². The maximum Gasteiger partial charge on any atom is 0.0541 e. The molecule has 1 nitrogen and oxygen atoms in total. The first kappa shape index (κ1) is 29.1. The van der Waals surface area contributed by atoms with Crippen molar-refractivity contribution >= 4 is 43.4 Å². The molecule has 1 aliphatic rings. The van der Waals surface area contributed by atoms with Crippen LogP contribution in [0.15, 0.2) is 188 Å². The maximum absolute atomic E-state index is 2.48. The Morgan fingerprint density at radius 1 is 0.308 bits per heavy atom. The molecular formula is C51H33N. The van der Waals surface area contributed by atoms with E-state index in [0.717, 1.165) is 6.42 Å². The van der Waals surface area contributed by atoms with Gasteiger partial charge in [0.25, 0.3) is 0 Å². The van der Waals surface area contributed by atoms with Gasteiger partial charge in [-0.2, -0.15) is 0 Å². The number of fused-ring (bicyclic) bond motifs is 8. The van der Waals surface area contributed by atoms with Crippen molar-refractivity contribution < 1.29 is 0 Å². The van der Waals surface area contributed by atoms with Crippen LogP contribution in [-0.2, 0) is 6.42 Å². The summed E-state index contributed by atoms with van der Waals surface area (Å²) in [7, 11) is 0. The van der Waals surface area contributed by atoms with Crippen LogP contribution in [0.5, 0.6) is 0 Å². The molecule has 0 saturated carbocycles. The zero-order chi connectivity index (χ0) is 34.2. The molecule has 1 aliphatic carbocycles. The number of nitrogens with zero attached hydrogens (tertiary/aromatic N) is 1. The minimum absolute atomic E-state index is 0.937. The van der Waals surface area contributed by atoms with Gasteiger partial charge in [-0.15, -0.1) is 0 Å². The van der Waals surface area contributed by atoms with Crippen LogP contribution in [0.1, 0.15) is 11.1 Å². The summed E-state index contributed by atoms with van der Waals surface area (Å²) in [5, 5.41) is 7.60. The monoisotopic (exact) mass is 659 g/mol. The van der Waals surface area contributed by atoms with Gasteiger partial charge in [0.15, 0.2) is 0 Å². The SMILES string of the molecule is c1ccc(-c2ccc3c(c2)Cc2cc(-n4c5ccc(-c6cccc7ccccc67)cc5c5cc(-c6cccc7ccccc67)ccc54)ccc2-3)cc1. The molecule has 0 spiro atoms. The van der Waals surface area contributed by atoms with Crippen molar-refractivity contribution in [3.05, 3.63) is 199 Å². The molecule has 0 fully saturated rings. The molecule has 0 unspecified atom stereocenters. The molecule has 1 heteroatoms. The zero-order valence-corrected chi connectivity index (χ0v) is 28.6. The van der Waals surface area contributed by atoms with E-state index in [1.807, 2.05) is 0 Å². The fourth-order valence-electron chi connectivity index (χ4n) is 8.74. The van der Waals surface area contributed by atoms with E-state index in [4.69, 9.17) is 0 Å². The smallest absolute Gasteiger partial charge is 0.0541 e. The van der Waals surface area contributed by atoms with E-state index in [9.17, 15) is 0 Å². The van der Waals surface area contributed by atoms with Crippen molar-refractivity contribution in [1.29, 1.82) is 0 Å². The molecule has 11 rings (SSSR count). The van der Waals surface area contributed by atoms with Crippen LogP contribution in [0.25, 0.3) is 93.5 Å². The molecule has 0 atom stereocenters. The number of rotatable bonds is 4. The van der Waals surface area contributed by atoms with Crippen LogP contribution in [0.4, 0.5) is 0 Å². The second-order valence-electron chi connectivity index (χ2n) is 14.1. The summed E-state index contributed by atoms with van der Waals surface area (Å²) >= 11 is 0. The molecule has 0 amide bonds. The largest absolute Gasteiger partial charge is 0.309 e. The Morgan fingerprint density at radius 2 is 0.827 bits per heavy atom. The summed E-state index contributed by atoms with van der Waals surface area (Å²) in [4.78, 5) is 0. The number of aromatic nitrogens is 1. The fraction of sp³-hybridized carbons (Fsp3) is 0.0196. The highest BCUT2D eigenvalue weighted by Gasteiger charge is 2.22. The standard InChI is InChI=1S/C51H33N/c1-2-10-33(11-3-1)36-20-24-46-39(28-36)29-40-30-41(23-25-47(40)46)52-50-26-21-37(44-18-8-14-34-12-4-6-16-42(34)44)31-48(50)49-32-38(22-27-51(49)52)45-19-9-15-35-13-5-7-17-43(35)45/h1-28,30-32H,29H2. The quantitative estimate of drug-likeness (QED) is 0.177. The Morgan fingerprint density at radius 3 is 1.46 bits per heavy atom. The fourth-order valence-corrected chi connectivity index (χ4v) is 8.74. The van der Waals surface area contributed by atoms with Crippen molar-refractivity contribution in [1.82, 2.24) is 4.57 Å². The molecule has 0 radical (unpaired) electrons. The molecule has 1 heterocycles. The molecule has 10 aromatic rings. The molecule has 0 N–H and O–H groups in total. The molecule has 1 aromatic heterocycles. The van der Waals surface area contributed by atoms with E-state index in [2.05, 4.69) is 193 Å². The Labute approximate surface area is 302 Å². The highest BCUT2D eigenvalue weighted by atomic mass is 15.0. The van der Waals surface area contributed by atoms with Gasteiger partial charge in [-0.25, -0.2) is 0 Å². The van der Waals surface area contributed by atoms with Crippen molar-refractivity contribution in [2.75, 3.05) is 0 Å². The predicted molar refractivity (Wildman–Crippen MR) is 220 cm³/mol. The third kappa shape index (κ3) is 4.49. The molecule has 242 valence electrons. The molecule has 0 aliphatic heterocycles. The van der Waals surface area contributed by atoms with Gasteiger partial charge in [-0.05, 0) is 120 Å². The van der Waals surface area contributed by atoms with E-state index < -0.39 is 0 Å². The van der Waals surface area contributed by atoms with Gasteiger partial charge in [-0.3, -0.25) is 0 Å². The predicted octanol–water partition coefficient (Wildman–Crippen LogP) is 13.7. The third-order valence-electron chi connectivity index (χ3n) is 11.2. The summed E-state index contributed by atoms with van der Waals surface area (Å²) < 4.78 is 2.48. The molecule has 0 bridgehead atoms. The average Bonchev–Trinajstić information content (AvgIpc) is 3.74. The lowest BCUT2D eigenvalue weighted by atomic mass is 9.95. The summed E-state index contributed by atoms with van der Waals surface area (Å²) in [6.07, 6.45) is 0.937. The number of benzene rings is 9. The minimum atomic E-state index is 0.937. The molecular weight excluding hydrogens is 627 g/mol. The van der Waals surface area contributed by atoms with Gasteiger partial charge in [0.1, 0.15) is 0 Å². The second-order valence-corrected chi connectivity index (χ2v) is 14.1. The second kappa shape index (κ2) is 11.4. The van der Waals surface area contributed by atoms with Crippen LogP contribution in [0, 0.1) is 0 Å². The summed E-state index contributed by atoms with van der Waals surface area (Å²) in [5.74, 6) is 0. The topological polar surface area (TPSA) is 4.93 Å². The van der Waals surface area contributed by atoms with Crippen LogP contribution in [0.2, 0.25) is 0 Å². The molecule has 9 aromatic carbocycles. The molecule has 52 heavy (non-hydrogen) atoms. The first-order valence-electron chi connectivity index (χ1n) is 18.1.